The first-order valence-corrected chi connectivity index (χ1v) is 15.9. The van der Waals surface area contributed by atoms with Crippen LogP contribution in [0.5, 0.6) is 46.0 Å². The molecule has 0 bridgehead atoms. The minimum absolute atomic E-state index is 0.0254. The topological polar surface area (TPSA) is 196 Å². The number of Topliss-reactive ketones (excluding diaryl/α,β-unsaturated/α-hetero) is 1. The number of phenolic OH excluding ortho intramolecular Hbond substituents is 8. The summed E-state index contributed by atoms with van der Waals surface area (Å²) in [6.45, 7) is 5.59. The number of phenols is 8. The molecule has 0 unspecified atom stereocenters. The first kappa shape index (κ1) is 35.2. The third kappa shape index (κ3) is 7.00. The molecule has 0 saturated heterocycles. The van der Waals surface area contributed by atoms with Crippen molar-refractivity contribution in [2.24, 2.45) is 11.8 Å². The van der Waals surface area contributed by atoms with Crippen molar-refractivity contribution in [1.82, 2.24) is 0 Å². The van der Waals surface area contributed by atoms with Gasteiger partial charge in [0, 0.05) is 41.0 Å². The van der Waals surface area contributed by atoms with Crippen molar-refractivity contribution in [1.29, 1.82) is 0 Å². The van der Waals surface area contributed by atoms with Gasteiger partial charge in [-0.25, -0.2) is 0 Å². The molecule has 50 heavy (non-hydrogen) atoms. The van der Waals surface area contributed by atoms with Crippen molar-refractivity contribution in [2.45, 2.75) is 39.0 Å². The zero-order valence-corrected chi connectivity index (χ0v) is 27.6. The second kappa shape index (κ2) is 14.1. The molecule has 10 nitrogen and oxygen atoms in total. The van der Waals surface area contributed by atoms with Gasteiger partial charge in [0.1, 0.15) is 46.0 Å². The number of allylic oxidation sites excluding steroid dienone is 4. The van der Waals surface area contributed by atoms with Crippen molar-refractivity contribution in [2.75, 3.05) is 0 Å². The van der Waals surface area contributed by atoms with Crippen molar-refractivity contribution < 1.29 is 50.4 Å². The van der Waals surface area contributed by atoms with Crippen LogP contribution in [0, 0.1) is 11.8 Å². The smallest absolute Gasteiger partial charge is 0.189 e. The lowest BCUT2D eigenvalue weighted by molar-refractivity contribution is 0.0876. The number of carbonyl (C=O) groups is 2. The van der Waals surface area contributed by atoms with E-state index in [4.69, 9.17) is 0 Å². The molecule has 0 spiro atoms. The Morgan fingerprint density at radius 1 is 0.720 bits per heavy atom. The summed E-state index contributed by atoms with van der Waals surface area (Å²) in [6, 6.07) is 12.8. The molecule has 0 saturated carbocycles. The molecule has 0 aromatic heterocycles. The van der Waals surface area contributed by atoms with Crippen molar-refractivity contribution >= 4 is 23.7 Å². The molecule has 1 aliphatic carbocycles. The third-order valence-corrected chi connectivity index (χ3v) is 8.87. The summed E-state index contributed by atoms with van der Waals surface area (Å²) in [4.78, 5) is 28.1. The fraction of sp³-hybridized carbons (Fsp3) is 0.200. The van der Waals surface area contributed by atoms with Crippen LogP contribution >= 0.6 is 0 Å². The van der Waals surface area contributed by atoms with E-state index in [1.165, 1.54) is 60.7 Å². The standard InChI is InChI=1S/C40H38O10/c1-20(2)4-9-26-32(44)14-12-28(38(26)48)40(50)36-29(25-10-8-24(42)19-35(25)47)16-21(3)17-30(36)37-33(45)15-11-27(39(37)49)31(43)13-6-22-5-7-23(41)18-34(22)46/h4-15,17-20,29-30,36,41-42,44-49H,16H2,1-3H3/t29-,30+,36-/m1/s1. The van der Waals surface area contributed by atoms with E-state index < -0.39 is 46.6 Å². The minimum atomic E-state index is -1.20. The molecule has 0 fully saturated rings. The van der Waals surface area contributed by atoms with E-state index in [1.54, 1.807) is 19.1 Å². The lowest BCUT2D eigenvalue weighted by Gasteiger charge is -2.37. The van der Waals surface area contributed by atoms with Crippen LogP contribution in [0.1, 0.15) is 82.0 Å². The van der Waals surface area contributed by atoms with E-state index in [-0.39, 0.29) is 68.9 Å². The fourth-order valence-electron chi connectivity index (χ4n) is 6.44. The van der Waals surface area contributed by atoms with Crippen molar-refractivity contribution in [3.05, 3.63) is 118 Å². The lowest BCUT2D eigenvalue weighted by atomic mass is 9.65. The quantitative estimate of drug-likeness (QED) is 0.0495. The van der Waals surface area contributed by atoms with E-state index in [0.29, 0.717) is 5.56 Å². The summed E-state index contributed by atoms with van der Waals surface area (Å²) in [6.07, 6.45) is 7.57. The average Bonchev–Trinajstić information content (AvgIpc) is 3.03. The second-order valence-electron chi connectivity index (χ2n) is 12.8. The van der Waals surface area contributed by atoms with Crippen molar-refractivity contribution in [3.8, 4) is 46.0 Å². The van der Waals surface area contributed by atoms with E-state index in [2.05, 4.69) is 0 Å². The van der Waals surface area contributed by atoms with Crippen LogP contribution in [0.3, 0.4) is 0 Å². The molecule has 10 heteroatoms. The first-order chi connectivity index (χ1) is 23.7. The number of rotatable bonds is 9. The Balaban J connectivity index is 1.68. The molecule has 1 aliphatic rings. The highest BCUT2D eigenvalue weighted by molar-refractivity contribution is 6.09. The Hall–Kier alpha value is -6.16. The second-order valence-corrected chi connectivity index (χ2v) is 12.8. The molecular weight excluding hydrogens is 640 g/mol. The summed E-state index contributed by atoms with van der Waals surface area (Å²) in [7, 11) is 0. The minimum Gasteiger partial charge on any atom is -0.508 e. The zero-order valence-electron chi connectivity index (χ0n) is 27.6. The highest BCUT2D eigenvalue weighted by Gasteiger charge is 2.43. The Kier molecular flexibility index (Phi) is 9.94. The van der Waals surface area contributed by atoms with Gasteiger partial charge in [-0.05, 0) is 79.4 Å². The summed E-state index contributed by atoms with van der Waals surface area (Å²) in [5.74, 6) is -7.08. The van der Waals surface area contributed by atoms with Gasteiger partial charge in [0.2, 0.25) is 0 Å². The molecule has 0 aliphatic heterocycles. The fourth-order valence-corrected chi connectivity index (χ4v) is 6.44. The number of benzene rings is 4. The van der Waals surface area contributed by atoms with E-state index in [0.717, 1.165) is 23.8 Å². The van der Waals surface area contributed by atoms with Crippen LogP contribution in [-0.2, 0) is 0 Å². The highest BCUT2D eigenvalue weighted by atomic mass is 16.3. The molecule has 4 aromatic carbocycles. The number of hydrogen-bond donors (Lipinski definition) is 8. The Morgan fingerprint density at radius 3 is 2.02 bits per heavy atom. The van der Waals surface area contributed by atoms with Crippen LogP contribution in [0.25, 0.3) is 12.2 Å². The Morgan fingerprint density at radius 2 is 1.36 bits per heavy atom. The maximum absolute atomic E-state index is 14.7. The molecule has 258 valence electrons. The zero-order chi connectivity index (χ0) is 36.4. The van der Waals surface area contributed by atoms with E-state index >= 15 is 0 Å². The van der Waals surface area contributed by atoms with Crippen LogP contribution in [0.4, 0.5) is 0 Å². The van der Waals surface area contributed by atoms with Crippen LogP contribution in [-0.4, -0.2) is 52.4 Å². The van der Waals surface area contributed by atoms with E-state index in [1.807, 2.05) is 13.8 Å². The predicted octanol–water partition coefficient (Wildman–Crippen LogP) is 7.61. The lowest BCUT2D eigenvalue weighted by Crippen LogP contribution is -2.32. The summed E-state index contributed by atoms with van der Waals surface area (Å²) in [5, 5.41) is 85.4. The molecule has 5 rings (SSSR count). The van der Waals surface area contributed by atoms with Crippen LogP contribution in [0.15, 0.2) is 84.5 Å². The normalized spacial score (nSPS) is 17.8. The molecule has 8 N–H and O–H groups in total. The van der Waals surface area contributed by atoms with Gasteiger partial charge in [-0.1, -0.05) is 43.7 Å². The third-order valence-electron chi connectivity index (χ3n) is 8.87. The average molecular weight is 679 g/mol. The highest BCUT2D eigenvalue weighted by Crippen LogP contribution is 2.53. The first-order valence-electron chi connectivity index (χ1n) is 15.9. The number of ketones is 2. The van der Waals surface area contributed by atoms with Gasteiger partial charge in [0.05, 0.1) is 16.7 Å². The van der Waals surface area contributed by atoms with Gasteiger partial charge < -0.3 is 40.9 Å². The van der Waals surface area contributed by atoms with Gasteiger partial charge in [-0.15, -0.1) is 0 Å². The van der Waals surface area contributed by atoms with Crippen LogP contribution < -0.4 is 0 Å². The predicted molar refractivity (Wildman–Crippen MR) is 188 cm³/mol. The van der Waals surface area contributed by atoms with E-state index in [9.17, 15) is 50.4 Å². The van der Waals surface area contributed by atoms with Gasteiger partial charge in [-0.3, -0.25) is 9.59 Å². The summed E-state index contributed by atoms with van der Waals surface area (Å²) in [5.41, 5.74) is 0.755. The number of hydrogen-bond acceptors (Lipinski definition) is 10. The number of aromatic hydroxyl groups is 8. The van der Waals surface area contributed by atoms with Gasteiger partial charge in [0.15, 0.2) is 11.6 Å². The van der Waals surface area contributed by atoms with Gasteiger partial charge in [0.25, 0.3) is 0 Å². The Labute approximate surface area is 288 Å². The molecule has 4 aromatic rings. The largest absolute Gasteiger partial charge is 0.508 e. The monoisotopic (exact) mass is 678 g/mol. The van der Waals surface area contributed by atoms with Gasteiger partial charge >= 0.3 is 0 Å². The Bertz CT molecular complexity index is 2070. The number of carbonyl (C=O) groups excluding carboxylic acids is 2. The molecule has 0 radical (unpaired) electrons. The molecule has 0 amide bonds. The molecular formula is C40H38O10. The maximum Gasteiger partial charge on any atom is 0.189 e. The van der Waals surface area contributed by atoms with Crippen LogP contribution in [0.2, 0.25) is 0 Å². The summed E-state index contributed by atoms with van der Waals surface area (Å²) >= 11 is 0. The summed E-state index contributed by atoms with van der Waals surface area (Å²) < 4.78 is 0. The van der Waals surface area contributed by atoms with Crippen molar-refractivity contribution in [3.63, 3.8) is 0 Å². The molecule has 3 atom stereocenters. The maximum atomic E-state index is 14.7. The van der Waals surface area contributed by atoms with Gasteiger partial charge in [-0.2, -0.15) is 0 Å². The SMILES string of the molecule is CC1=C[C@H](c2c(O)ccc(C(=O)C=Cc3ccc(O)cc3O)c2O)[C@H](C(=O)c2ccc(O)c(C=CC(C)C)c2O)[C@@H](c2ccc(O)cc2O)C1. The molecule has 0 heterocycles.